The average Bonchev–Trinajstić information content (AvgIpc) is 2.79. The van der Waals surface area contributed by atoms with Crippen molar-refractivity contribution in [2.24, 2.45) is 0 Å². The highest BCUT2D eigenvalue weighted by Crippen LogP contribution is 2.36. The lowest BCUT2D eigenvalue weighted by molar-refractivity contribution is -0.153. The molecule has 0 spiro atoms. The van der Waals surface area contributed by atoms with Gasteiger partial charge in [-0.05, 0) is 18.6 Å². The van der Waals surface area contributed by atoms with Crippen molar-refractivity contribution >= 4 is 23.4 Å². The number of ether oxygens (including phenoxy) is 2. The summed E-state index contributed by atoms with van der Waals surface area (Å²) in [5, 5.41) is 11.0. The van der Waals surface area contributed by atoms with Gasteiger partial charge in [0.05, 0.1) is 38.0 Å². The number of hydrogen-bond donors (Lipinski definition) is 1. The summed E-state index contributed by atoms with van der Waals surface area (Å²) >= 11 is 6.23. The van der Waals surface area contributed by atoms with Crippen LogP contribution in [0.1, 0.15) is 18.1 Å². The minimum absolute atomic E-state index is 0.120. The molecule has 0 saturated carbocycles. The van der Waals surface area contributed by atoms with Gasteiger partial charge in [0, 0.05) is 31.3 Å². The fourth-order valence-corrected chi connectivity index (χ4v) is 4.45. The van der Waals surface area contributed by atoms with Gasteiger partial charge in [-0.25, -0.2) is 0 Å². The van der Waals surface area contributed by atoms with Crippen LogP contribution in [0.25, 0.3) is 0 Å². The van der Waals surface area contributed by atoms with Gasteiger partial charge in [-0.2, -0.15) is 18.2 Å². The van der Waals surface area contributed by atoms with Crippen molar-refractivity contribution in [3.05, 3.63) is 45.2 Å². The van der Waals surface area contributed by atoms with E-state index in [4.69, 9.17) is 21.1 Å². The van der Waals surface area contributed by atoms with Gasteiger partial charge in [0.25, 0.3) is 5.56 Å². The number of morpholine rings is 1. The first kappa shape index (κ1) is 23.7. The summed E-state index contributed by atoms with van der Waals surface area (Å²) in [5.41, 5.74) is -0.189. The van der Waals surface area contributed by atoms with Crippen molar-refractivity contribution in [1.29, 1.82) is 0 Å². The summed E-state index contributed by atoms with van der Waals surface area (Å²) in [6.45, 7) is 1.25. The van der Waals surface area contributed by atoms with Crippen LogP contribution in [-0.2, 0) is 11.3 Å². The summed E-state index contributed by atoms with van der Waals surface area (Å²) in [5.74, 6) is 0.622. The SMILES string of the molecule is COc1ccc([C@H](O)CN2c3nc(N4CCOCC4)cc(=O)n3CCC2C(F)(F)F)c(Cl)c1. The maximum Gasteiger partial charge on any atom is 0.408 e. The number of nitrogens with zero attached hydrogens (tertiary/aromatic N) is 4. The number of benzene rings is 1. The Balaban J connectivity index is 1.72. The van der Waals surface area contributed by atoms with Gasteiger partial charge in [-0.15, -0.1) is 0 Å². The monoisotopic (exact) mass is 488 g/mol. The smallest absolute Gasteiger partial charge is 0.408 e. The van der Waals surface area contributed by atoms with Crippen molar-refractivity contribution in [2.45, 2.75) is 31.3 Å². The van der Waals surface area contributed by atoms with Crippen LogP contribution in [0.15, 0.2) is 29.1 Å². The number of β-amino-alcohol motifs (C(OH)–C–C–N with tert-alkyl or cyclic N) is 1. The van der Waals surface area contributed by atoms with E-state index < -0.39 is 30.4 Å². The Bertz CT molecular complexity index is 1060. The molecule has 0 amide bonds. The molecule has 0 bridgehead atoms. The largest absolute Gasteiger partial charge is 0.497 e. The first-order valence-corrected chi connectivity index (χ1v) is 10.9. The number of fused-ring (bicyclic) bond motifs is 1. The fraction of sp³-hybridized carbons (Fsp3) is 0.524. The molecule has 1 fully saturated rings. The zero-order valence-electron chi connectivity index (χ0n) is 17.9. The number of rotatable bonds is 5. The zero-order valence-corrected chi connectivity index (χ0v) is 18.6. The normalized spacial score (nSPS) is 19.9. The highest BCUT2D eigenvalue weighted by Gasteiger charge is 2.47. The van der Waals surface area contributed by atoms with Crippen molar-refractivity contribution in [3.8, 4) is 5.75 Å². The van der Waals surface area contributed by atoms with E-state index in [1.165, 1.54) is 29.9 Å². The third-order valence-corrected chi connectivity index (χ3v) is 6.21. The quantitative estimate of drug-likeness (QED) is 0.693. The Morgan fingerprint density at radius 1 is 1.27 bits per heavy atom. The van der Waals surface area contributed by atoms with Crippen molar-refractivity contribution in [2.75, 3.05) is 49.8 Å². The van der Waals surface area contributed by atoms with Crippen molar-refractivity contribution < 1.29 is 27.8 Å². The first-order chi connectivity index (χ1) is 15.7. The highest BCUT2D eigenvalue weighted by molar-refractivity contribution is 6.31. The molecule has 1 aromatic heterocycles. The summed E-state index contributed by atoms with van der Waals surface area (Å²) in [7, 11) is 1.45. The van der Waals surface area contributed by atoms with Crippen molar-refractivity contribution in [1.82, 2.24) is 9.55 Å². The van der Waals surface area contributed by atoms with Gasteiger partial charge < -0.3 is 24.4 Å². The lowest BCUT2D eigenvalue weighted by atomic mass is 10.1. The molecular weight excluding hydrogens is 465 g/mol. The molecule has 4 rings (SSSR count). The summed E-state index contributed by atoms with van der Waals surface area (Å²) in [6, 6.07) is 3.97. The Labute approximate surface area is 193 Å². The fourth-order valence-electron chi connectivity index (χ4n) is 4.15. The van der Waals surface area contributed by atoms with E-state index in [0.717, 1.165) is 4.90 Å². The molecule has 2 aromatic rings. The third-order valence-electron chi connectivity index (χ3n) is 5.88. The molecule has 8 nitrogen and oxygen atoms in total. The number of halogens is 4. The van der Waals surface area contributed by atoms with Crippen LogP contribution in [0.3, 0.4) is 0 Å². The van der Waals surface area contributed by atoms with Gasteiger partial charge in [0.15, 0.2) is 0 Å². The standard InChI is InChI=1S/C21H24ClF3N4O4/c1-32-13-2-3-14(15(22)10-13)16(30)12-29-17(21(23,24)25)4-5-28-19(31)11-18(26-20(28)29)27-6-8-33-9-7-27/h2-3,10-11,16-17,30H,4-9,12H2,1H3/t16-,17?/m1/s1. The van der Waals surface area contributed by atoms with E-state index in [2.05, 4.69) is 4.98 Å². The van der Waals surface area contributed by atoms with Crippen LogP contribution >= 0.6 is 11.6 Å². The lowest BCUT2D eigenvalue weighted by Crippen LogP contribution is -2.54. The van der Waals surface area contributed by atoms with Crippen LogP contribution in [0, 0.1) is 0 Å². The van der Waals surface area contributed by atoms with E-state index in [1.54, 1.807) is 11.0 Å². The van der Waals surface area contributed by atoms with E-state index in [-0.39, 0.29) is 29.5 Å². The van der Waals surface area contributed by atoms with Gasteiger partial charge in [-0.3, -0.25) is 9.36 Å². The number of aliphatic hydroxyl groups excluding tert-OH is 1. The van der Waals surface area contributed by atoms with E-state index >= 15 is 0 Å². The van der Waals surface area contributed by atoms with Crippen molar-refractivity contribution in [3.63, 3.8) is 0 Å². The summed E-state index contributed by atoms with van der Waals surface area (Å²) < 4.78 is 53.5. The second kappa shape index (κ2) is 9.40. The maximum atomic E-state index is 14.0. The molecule has 0 radical (unpaired) electrons. The Morgan fingerprint density at radius 3 is 2.64 bits per heavy atom. The molecule has 1 aromatic carbocycles. The highest BCUT2D eigenvalue weighted by atomic mass is 35.5. The molecule has 180 valence electrons. The number of aliphatic hydroxyl groups is 1. The molecule has 1 saturated heterocycles. The Hall–Kier alpha value is -2.50. The van der Waals surface area contributed by atoms with Crippen LogP contribution in [0.5, 0.6) is 5.75 Å². The number of hydrogen-bond acceptors (Lipinski definition) is 7. The van der Waals surface area contributed by atoms with E-state index in [1.807, 2.05) is 0 Å². The van der Waals surface area contributed by atoms with Crippen LogP contribution in [-0.4, -0.2) is 66.8 Å². The van der Waals surface area contributed by atoms with Crippen LogP contribution < -0.4 is 20.1 Å². The minimum atomic E-state index is -4.58. The minimum Gasteiger partial charge on any atom is -0.497 e. The molecule has 0 aliphatic carbocycles. The molecule has 2 aliphatic rings. The second-order valence-corrected chi connectivity index (χ2v) is 8.31. The Kier molecular flexibility index (Phi) is 6.73. The topological polar surface area (TPSA) is 80.1 Å². The first-order valence-electron chi connectivity index (χ1n) is 10.5. The molecular formula is C21H24ClF3N4O4. The Morgan fingerprint density at radius 2 is 2.00 bits per heavy atom. The van der Waals surface area contributed by atoms with Gasteiger partial charge >= 0.3 is 6.18 Å². The zero-order chi connectivity index (χ0) is 23.8. The molecule has 12 heteroatoms. The van der Waals surface area contributed by atoms with Gasteiger partial charge in [0.1, 0.15) is 17.6 Å². The van der Waals surface area contributed by atoms with Gasteiger partial charge in [0.2, 0.25) is 5.95 Å². The predicted molar refractivity (Wildman–Crippen MR) is 116 cm³/mol. The molecule has 3 heterocycles. The predicted octanol–water partition coefficient (Wildman–Crippen LogP) is 2.62. The summed E-state index contributed by atoms with van der Waals surface area (Å²) in [4.78, 5) is 20.0. The number of aromatic nitrogens is 2. The number of anilines is 2. The third kappa shape index (κ3) is 4.90. The van der Waals surface area contributed by atoms with Crippen LogP contribution in [0.4, 0.5) is 24.9 Å². The molecule has 1 unspecified atom stereocenters. The van der Waals surface area contributed by atoms with Crippen LogP contribution in [0.2, 0.25) is 5.02 Å². The number of methoxy groups -OCH3 is 1. The molecule has 2 atom stereocenters. The number of alkyl halides is 3. The molecule has 2 aliphatic heterocycles. The van der Waals surface area contributed by atoms with E-state index in [0.29, 0.717) is 37.9 Å². The van der Waals surface area contributed by atoms with E-state index in [9.17, 15) is 23.1 Å². The molecule has 33 heavy (non-hydrogen) atoms. The second-order valence-electron chi connectivity index (χ2n) is 7.91. The molecule has 1 N–H and O–H groups in total. The average molecular weight is 489 g/mol. The maximum absolute atomic E-state index is 14.0. The van der Waals surface area contributed by atoms with Gasteiger partial charge in [-0.1, -0.05) is 17.7 Å². The lowest BCUT2D eigenvalue weighted by Gasteiger charge is -2.40. The summed E-state index contributed by atoms with van der Waals surface area (Å²) in [6.07, 6.45) is -6.27.